The molecular weight excluding hydrogens is 384 g/mol. The topological polar surface area (TPSA) is 73.8 Å². The third-order valence-electron chi connectivity index (χ3n) is 4.92. The van der Waals surface area contributed by atoms with E-state index in [-0.39, 0.29) is 11.6 Å². The van der Waals surface area contributed by atoms with Crippen LogP contribution >= 0.6 is 23.4 Å². The molecule has 1 aliphatic rings. The summed E-state index contributed by atoms with van der Waals surface area (Å²) < 4.78 is 7.15. The average molecular weight is 405 g/mol. The zero-order valence-electron chi connectivity index (χ0n) is 15.2. The van der Waals surface area contributed by atoms with Crippen molar-refractivity contribution in [2.24, 2.45) is 0 Å². The van der Waals surface area contributed by atoms with Crippen LogP contribution in [0.25, 0.3) is 10.9 Å². The van der Waals surface area contributed by atoms with Gasteiger partial charge < -0.3 is 4.52 Å². The molecule has 0 amide bonds. The number of nitrogens with zero attached hydrogens (tertiary/aromatic N) is 4. The van der Waals surface area contributed by atoms with E-state index in [0.29, 0.717) is 38.5 Å². The fraction of sp³-hybridized carbons (Fsp3) is 0.474. The molecule has 0 atom stereocenters. The normalized spacial score (nSPS) is 15.5. The Morgan fingerprint density at radius 1 is 1.26 bits per heavy atom. The second kappa shape index (κ2) is 8.02. The molecule has 142 valence electrons. The Kier molecular flexibility index (Phi) is 5.50. The summed E-state index contributed by atoms with van der Waals surface area (Å²) in [4.78, 5) is 22.4. The molecule has 3 aromatic rings. The highest BCUT2D eigenvalue weighted by atomic mass is 35.5. The zero-order valence-corrected chi connectivity index (χ0v) is 16.7. The van der Waals surface area contributed by atoms with Crippen LogP contribution in [0.1, 0.15) is 56.8 Å². The van der Waals surface area contributed by atoms with Crippen LogP contribution in [0.15, 0.2) is 32.7 Å². The molecule has 6 nitrogen and oxygen atoms in total. The van der Waals surface area contributed by atoms with E-state index >= 15 is 0 Å². The number of hydrogen-bond acceptors (Lipinski definition) is 6. The lowest BCUT2D eigenvalue weighted by atomic mass is 9.95. The Hall–Kier alpha value is -1.86. The van der Waals surface area contributed by atoms with Gasteiger partial charge >= 0.3 is 0 Å². The molecule has 2 heterocycles. The molecule has 0 radical (unpaired) electrons. The fourth-order valence-corrected chi connectivity index (χ4v) is 4.60. The number of thioether (sulfide) groups is 1. The molecule has 0 N–H and O–H groups in total. The van der Waals surface area contributed by atoms with Gasteiger partial charge in [0, 0.05) is 17.5 Å². The SMILES string of the molecule is CCc1noc(CSc2nc3cc(Cl)ccc3c(=O)n2C2CCCCC2)n1. The van der Waals surface area contributed by atoms with Crippen molar-refractivity contribution in [2.45, 2.75) is 62.4 Å². The maximum atomic E-state index is 13.2. The lowest BCUT2D eigenvalue weighted by Crippen LogP contribution is -2.29. The van der Waals surface area contributed by atoms with Crippen LogP contribution in [0.5, 0.6) is 0 Å². The summed E-state index contributed by atoms with van der Waals surface area (Å²) in [5.74, 6) is 1.72. The minimum absolute atomic E-state index is 0.00541. The number of benzene rings is 1. The predicted octanol–water partition coefficient (Wildman–Crippen LogP) is 4.79. The van der Waals surface area contributed by atoms with Gasteiger partial charge in [-0.25, -0.2) is 4.98 Å². The standard InChI is InChI=1S/C19H21ClN4O2S/c1-2-16-22-17(26-23-16)11-27-19-21-15-10-12(20)8-9-14(15)18(25)24(19)13-6-4-3-5-7-13/h8-10,13H,2-7,11H2,1H3. The molecule has 1 saturated carbocycles. The summed E-state index contributed by atoms with van der Waals surface area (Å²) >= 11 is 7.58. The molecule has 0 bridgehead atoms. The van der Waals surface area contributed by atoms with Crippen LogP contribution in [0, 0.1) is 0 Å². The van der Waals surface area contributed by atoms with Gasteiger partial charge in [0.15, 0.2) is 11.0 Å². The molecule has 0 aliphatic heterocycles. The van der Waals surface area contributed by atoms with Crippen molar-refractivity contribution in [2.75, 3.05) is 0 Å². The Morgan fingerprint density at radius 2 is 2.07 bits per heavy atom. The van der Waals surface area contributed by atoms with E-state index in [9.17, 15) is 4.79 Å². The summed E-state index contributed by atoms with van der Waals surface area (Å²) in [6.45, 7) is 1.98. The fourth-order valence-electron chi connectivity index (χ4n) is 3.53. The highest BCUT2D eigenvalue weighted by Gasteiger charge is 2.22. The molecule has 0 saturated heterocycles. The van der Waals surface area contributed by atoms with E-state index in [4.69, 9.17) is 21.1 Å². The van der Waals surface area contributed by atoms with Crippen molar-refractivity contribution in [1.29, 1.82) is 0 Å². The van der Waals surface area contributed by atoms with E-state index in [1.54, 1.807) is 18.2 Å². The molecule has 0 unspecified atom stereocenters. The maximum Gasteiger partial charge on any atom is 0.262 e. The minimum atomic E-state index is 0.00541. The molecule has 2 aromatic heterocycles. The number of rotatable bonds is 5. The number of aryl methyl sites for hydroxylation is 1. The zero-order chi connectivity index (χ0) is 18.8. The van der Waals surface area contributed by atoms with Crippen LogP contribution in [-0.4, -0.2) is 19.7 Å². The van der Waals surface area contributed by atoms with E-state index in [0.717, 1.165) is 32.1 Å². The van der Waals surface area contributed by atoms with E-state index in [1.165, 1.54) is 18.2 Å². The third kappa shape index (κ3) is 3.89. The Balaban J connectivity index is 1.74. The summed E-state index contributed by atoms with van der Waals surface area (Å²) in [6, 6.07) is 5.45. The van der Waals surface area contributed by atoms with Crippen LogP contribution in [0.3, 0.4) is 0 Å². The molecule has 1 aliphatic carbocycles. The highest BCUT2D eigenvalue weighted by Crippen LogP contribution is 2.32. The molecule has 1 aromatic carbocycles. The molecule has 8 heteroatoms. The van der Waals surface area contributed by atoms with Crippen LogP contribution < -0.4 is 5.56 Å². The van der Waals surface area contributed by atoms with Gasteiger partial charge in [-0.15, -0.1) is 0 Å². The van der Waals surface area contributed by atoms with Gasteiger partial charge in [-0.05, 0) is 31.0 Å². The predicted molar refractivity (Wildman–Crippen MR) is 106 cm³/mol. The van der Waals surface area contributed by atoms with Crippen molar-refractivity contribution < 1.29 is 4.52 Å². The van der Waals surface area contributed by atoms with Gasteiger partial charge in [0.25, 0.3) is 5.56 Å². The summed E-state index contributed by atoms with van der Waals surface area (Å²) in [7, 11) is 0. The first kappa shape index (κ1) is 18.5. The second-order valence-corrected chi connectivity index (χ2v) is 8.15. The van der Waals surface area contributed by atoms with Gasteiger partial charge in [-0.3, -0.25) is 9.36 Å². The Morgan fingerprint density at radius 3 is 2.81 bits per heavy atom. The number of fused-ring (bicyclic) bond motifs is 1. The van der Waals surface area contributed by atoms with Gasteiger partial charge in [0.1, 0.15) is 0 Å². The van der Waals surface area contributed by atoms with Crippen LogP contribution in [-0.2, 0) is 12.2 Å². The van der Waals surface area contributed by atoms with E-state index < -0.39 is 0 Å². The smallest absolute Gasteiger partial charge is 0.262 e. The number of hydrogen-bond donors (Lipinski definition) is 0. The highest BCUT2D eigenvalue weighted by molar-refractivity contribution is 7.98. The summed E-state index contributed by atoms with van der Waals surface area (Å²) in [5, 5.41) is 5.81. The monoisotopic (exact) mass is 404 g/mol. The molecular formula is C19H21ClN4O2S. The minimum Gasteiger partial charge on any atom is -0.338 e. The van der Waals surface area contributed by atoms with Crippen molar-refractivity contribution in [3.05, 3.63) is 45.3 Å². The molecule has 1 fully saturated rings. The van der Waals surface area contributed by atoms with Gasteiger partial charge in [-0.1, -0.05) is 54.7 Å². The first-order chi connectivity index (χ1) is 13.2. The van der Waals surface area contributed by atoms with Crippen molar-refractivity contribution in [3.63, 3.8) is 0 Å². The summed E-state index contributed by atoms with van der Waals surface area (Å²) in [5.41, 5.74) is 0.632. The number of aromatic nitrogens is 4. The first-order valence-corrected chi connectivity index (χ1v) is 10.7. The Labute approximate surface area is 166 Å². The van der Waals surface area contributed by atoms with Gasteiger partial charge in [0.05, 0.1) is 16.7 Å². The van der Waals surface area contributed by atoms with Gasteiger partial charge in [-0.2, -0.15) is 4.98 Å². The molecule has 0 spiro atoms. The van der Waals surface area contributed by atoms with Crippen molar-refractivity contribution in [3.8, 4) is 0 Å². The second-order valence-electron chi connectivity index (χ2n) is 6.77. The first-order valence-electron chi connectivity index (χ1n) is 9.31. The third-order valence-corrected chi connectivity index (χ3v) is 6.09. The quantitative estimate of drug-likeness (QED) is 0.449. The van der Waals surface area contributed by atoms with Crippen LogP contribution in [0.2, 0.25) is 5.02 Å². The largest absolute Gasteiger partial charge is 0.338 e. The lowest BCUT2D eigenvalue weighted by molar-refractivity contribution is 0.326. The summed E-state index contributed by atoms with van der Waals surface area (Å²) in [6.07, 6.45) is 6.26. The molecule has 4 rings (SSSR count). The maximum absolute atomic E-state index is 13.2. The van der Waals surface area contributed by atoms with Crippen LogP contribution in [0.4, 0.5) is 0 Å². The van der Waals surface area contributed by atoms with Gasteiger partial charge in [0.2, 0.25) is 5.89 Å². The average Bonchev–Trinajstić information content (AvgIpc) is 3.15. The van der Waals surface area contributed by atoms with Crippen molar-refractivity contribution >= 4 is 34.3 Å². The van der Waals surface area contributed by atoms with Crippen molar-refractivity contribution in [1.82, 2.24) is 19.7 Å². The lowest BCUT2D eigenvalue weighted by Gasteiger charge is -2.26. The number of halogens is 1. The van der Waals surface area contributed by atoms with E-state index in [2.05, 4.69) is 10.1 Å². The van der Waals surface area contributed by atoms with E-state index in [1.807, 2.05) is 11.5 Å². The Bertz CT molecular complexity index is 1010. The molecule has 27 heavy (non-hydrogen) atoms.